The Kier molecular flexibility index (Phi) is 7.50. The van der Waals surface area contributed by atoms with Gasteiger partial charge in [-0.05, 0) is 12.8 Å². The Morgan fingerprint density at radius 3 is 2.86 bits per heavy atom. The Labute approximate surface area is 84.3 Å². The molecule has 0 aromatic heterocycles. The fourth-order valence-corrected chi connectivity index (χ4v) is 0.785. The van der Waals surface area contributed by atoms with Gasteiger partial charge in [0.2, 0.25) is 0 Å². The molecule has 0 rings (SSSR count). The molecule has 0 atom stereocenters. The first-order valence-corrected chi connectivity index (χ1v) is 4.76. The molecule has 14 heavy (non-hydrogen) atoms. The molecule has 0 radical (unpaired) electrons. The maximum absolute atomic E-state index is 11.0. The van der Waals surface area contributed by atoms with E-state index in [0.717, 1.165) is 19.1 Å². The molecule has 0 heterocycles. The van der Waals surface area contributed by atoms with Crippen LogP contribution >= 0.6 is 0 Å². The second-order valence-electron chi connectivity index (χ2n) is 2.92. The largest absolute Gasteiger partial charge is 0.449 e. The van der Waals surface area contributed by atoms with Crippen LogP contribution < -0.4 is 5.32 Å². The molecular formula is C10H17NO3. The van der Waals surface area contributed by atoms with Crippen molar-refractivity contribution in [3.63, 3.8) is 0 Å². The van der Waals surface area contributed by atoms with Gasteiger partial charge in [-0.1, -0.05) is 19.9 Å². The summed E-state index contributed by atoms with van der Waals surface area (Å²) in [6, 6.07) is 0. The molecule has 4 heteroatoms. The van der Waals surface area contributed by atoms with E-state index in [1.165, 1.54) is 0 Å². The number of rotatable bonds is 7. The van der Waals surface area contributed by atoms with Crippen LogP contribution in [0.1, 0.15) is 32.6 Å². The maximum Gasteiger partial charge on any atom is 0.411 e. The summed E-state index contributed by atoms with van der Waals surface area (Å²) >= 11 is 0. The van der Waals surface area contributed by atoms with Gasteiger partial charge in [-0.25, -0.2) is 4.79 Å². The van der Waals surface area contributed by atoms with E-state index in [0.29, 0.717) is 25.1 Å². The lowest BCUT2D eigenvalue weighted by atomic mass is 10.3. The van der Waals surface area contributed by atoms with Crippen molar-refractivity contribution in [1.82, 2.24) is 5.32 Å². The molecule has 0 saturated heterocycles. The highest BCUT2D eigenvalue weighted by atomic mass is 16.5. The van der Waals surface area contributed by atoms with Crippen LogP contribution in [0.4, 0.5) is 4.79 Å². The van der Waals surface area contributed by atoms with E-state index in [2.05, 4.69) is 11.9 Å². The Balaban J connectivity index is 3.50. The van der Waals surface area contributed by atoms with Gasteiger partial charge in [-0.15, -0.1) is 0 Å². The molecule has 0 aliphatic carbocycles. The van der Waals surface area contributed by atoms with Crippen molar-refractivity contribution >= 4 is 12.4 Å². The zero-order valence-corrected chi connectivity index (χ0v) is 8.54. The summed E-state index contributed by atoms with van der Waals surface area (Å²) in [4.78, 5) is 21.0. The van der Waals surface area contributed by atoms with Crippen molar-refractivity contribution in [3.05, 3.63) is 12.3 Å². The minimum Gasteiger partial charge on any atom is -0.449 e. The number of nitrogens with one attached hydrogen (secondary N) is 1. The van der Waals surface area contributed by atoms with Crippen molar-refractivity contribution in [2.24, 2.45) is 0 Å². The van der Waals surface area contributed by atoms with Crippen molar-refractivity contribution in [3.8, 4) is 0 Å². The summed E-state index contributed by atoms with van der Waals surface area (Å²) in [6.45, 7) is 6.03. The number of hydrogen-bond acceptors (Lipinski definition) is 3. The molecule has 4 nitrogen and oxygen atoms in total. The molecule has 0 aromatic rings. The molecule has 80 valence electrons. The van der Waals surface area contributed by atoms with Crippen LogP contribution in [0.3, 0.4) is 0 Å². The number of alkyl carbamates (subject to hydrolysis) is 1. The summed E-state index contributed by atoms with van der Waals surface area (Å²) in [5.41, 5.74) is 0.513. The van der Waals surface area contributed by atoms with Gasteiger partial charge < -0.3 is 9.53 Å². The summed E-state index contributed by atoms with van der Waals surface area (Å²) in [6.07, 6.45) is 2.97. The van der Waals surface area contributed by atoms with Gasteiger partial charge in [0.05, 0.1) is 6.61 Å². The molecule has 0 spiro atoms. The van der Waals surface area contributed by atoms with Gasteiger partial charge in [-0.2, -0.15) is 0 Å². The Hall–Kier alpha value is -1.32. The lowest BCUT2D eigenvalue weighted by Crippen LogP contribution is -2.23. The SMILES string of the molecule is C=C(CCC=O)NC(=O)OCCCC. The first-order chi connectivity index (χ1) is 6.70. The van der Waals surface area contributed by atoms with Gasteiger partial charge in [0, 0.05) is 12.1 Å². The van der Waals surface area contributed by atoms with Crippen LogP contribution in [0.25, 0.3) is 0 Å². The number of hydrogen-bond donors (Lipinski definition) is 1. The molecule has 0 aromatic carbocycles. The van der Waals surface area contributed by atoms with Crippen LogP contribution in [-0.2, 0) is 9.53 Å². The van der Waals surface area contributed by atoms with Crippen molar-refractivity contribution in [1.29, 1.82) is 0 Å². The second kappa shape index (κ2) is 8.29. The second-order valence-corrected chi connectivity index (χ2v) is 2.92. The highest BCUT2D eigenvalue weighted by Gasteiger charge is 2.02. The van der Waals surface area contributed by atoms with Crippen molar-refractivity contribution in [2.75, 3.05) is 6.61 Å². The van der Waals surface area contributed by atoms with Crippen LogP contribution in [0.2, 0.25) is 0 Å². The third-order valence-electron chi connectivity index (χ3n) is 1.57. The molecule has 1 amide bonds. The predicted molar refractivity (Wildman–Crippen MR) is 53.8 cm³/mol. The third-order valence-corrected chi connectivity index (χ3v) is 1.57. The van der Waals surface area contributed by atoms with E-state index in [1.54, 1.807) is 0 Å². The molecule has 0 unspecified atom stereocenters. The van der Waals surface area contributed by atoms with Crippen LogP contribution in [-0.4, -0.2) is 19.0 Å². The topological polar surface area (TPSA) is 55.4 Å². The summed E-state index contributed by atoms with van der Waals surface area (Å²) in [7, 11) is 0. The highest BCUT2D eigenvalue weighted by Crippen LogP contribution is 1.97. The number of carbonyl (C=O) groups is 2. The third kappa shape index (κ3) is 7.34. The lowest BCUT2D eigenvalue weighted by Gasteiger charge is -2.07. The number of carbonyl (C=O) groups excluding carboxylic acids is 2. The number of amides is 1. The molecule has 0 bridgehead atoms. The van der Waals surface area contributed by atoms with E-state index < -0.39 is 6.09 Å². The molecule has 0 aliphatic heterocycles. The number of unbranched alkanes of at least 4 members (excludes halogenated alkanes) is 1. The number of ether oxygens (including phenoxy) is 1. The van der Waals surface area contributed by atoms with Gasteiger partial charge >= 0.3 is 6.09 Å². The normalized spacial score (nSPS) is 9.21. The van der Waals surface area contributed by atoms with Gasteiger partial charge in [0.1, 0.15) is 6.29 Å². The van der Waals surface area contributed by atoms with E-state index in [-0.39, 0.29) is 0 Å². The molecule has 0 aliphatic rings. The number of aldehydes is 1. The quantitative estimate of drug-likeness (QED) is 0.504. The monoisotopic (exact) mass is 199 g/mol. The molecule has 0 saturated carbocycles. The molecule has 0 fully saturated rings. The van der Waals surface area contributed by atoms with Gasteiger partial charge in [0.25, 0.3) is 0 Å². The average Bonchev–Trinajstić information content (AvgIpc) is 2.15. The Bertz CT molecular complexity index is 202. The zero-order chi connectivity index (χ0) is 10.8. The Morgan fingerprint density at radius 1 is 1.57 bits per heavy atom. The van der Waals surface area contributed by atoms with Crippen LogP contribution in [0.15, 0.2) is 12.3 Å². The summed E-state index contributed by atoms with van der Waals surface area (Å²) < 4.78 is 4.83. The van der Waals surface area contributed by atoms with E-state index in [4.69, 9.17) is 4.74 Å². The lowest BCUT2D eigenvalue weighted by molar-refractivity contribution is -0.107. The average molecular weight is 199 g/mol. The van der Waals surface area contributed by atoms with Crippen molar-refractivity contribution < 1.29 is 14.3 Å². The molecular weight excluding hydrogens is 182 g/mol. The van der Waals surface area contributed by atoms with Crippen molar-refractivity contribution in [2.45, 2.75) is 32.6 Å². The minimum atomic E-state index is -0.491. The summed E-state index contributed by atoms with van der Waals surface area (Å²) in [5, 5.41) is 2.46. The minimum absolute atomic E-state index is 0.369. The highest BCUT2D eigenvalue weighted by molar-refractivity contribution is 5.69. The zero-order valence-electron chi connectivity index (χ0n) is 8.54. The predicted octanol–water partition coefficient (Wildman–Crippen LogP) is 2.01. The van der Waals surface area contributed by atoms with Crippen LogP contribution in [0.5, 0.6) is 0 Å². The van der Waals surface area contributed by atoms with E-state index >= 15 is 0 Å². The fraction of sp³-hybridized carbons (Fsp3) is 0.600. The molecule has 1 N–H and O–H groups in total. The van der Waals surface area contributed by atoms with Gasteiger partial charge in [-0.3, -0.25) is 5.32 Å². The first-order valence-electron chi connectivity index (χ1n) is 4.76. The number of allylic oxidation sites excluding steroid dienone is 1. The Morgan fingerprint density at radius 2 is 2.29 bits per heavy atom. The van der Waals surface area contributed by atoms with Crippen LogP contribution in [0, 0.1) is 0 Å². The van der Waals surface area contributed by atoms with E-state index in [9.17, 15) is 9.59 Å². The first kappa shape index (κ1) is 12.7. The fourth-order valence-electron chi connectivity index (χ4n) is 0.785. The summed E-state index contributed by atoms with van der Waals surface area (Å²) in [5.74, 6) is 0. The maximum atomic E-state index is 11.0. The van der Waals surface area contributed by atoms with Gasteiger partial charge in [0.15, 0.2) is 0 Å². The smallest absolute Gasteiger partial charge is 0.411 e. The standard InChI is InChI=1S/C10H17NO3/c1-3-4-8-14-10(13)11-9(2)6-5-7-12/h7H,2-6,8H2,1H3,(H,11,13). The van der Waals surface area contributed by atoms with E-state index in [1.807, 2.05) is 6.92 Å².